The number of ketones is 1. The first-order valence-corrected chi connectivity index (χ1v) is 16.8. The van der Waals surface area contributed by atoms with Gasteiger partial charge in [-0.2, -0.15) is 4.31 Å². The van der Waals surface area contributed by atoms with Crippen LogP contribution in [0.15, 0.2) is 30.3 Å². The number of hydrogen-bond donors (Lipinski definition) is 0. The number of fused-ring (bicyclic) bond motifs is 2. The minimum absolute atomic E-state index is 0.0645. The molecule has 2 saturated carbocycles. The molecule has 0 saturated heterocycles. The Bertz CT molecular complexity index is 1370. The molecule has 2 bridgehead atoms. The molecular weight excluding hydrogens is 560 g/mol. The summed E-state index contributed by atoms with van der Waals surface area (Å²) in [5.74, 6) is 1.09. The standard InChI is InChI=1S/C31H44N2O6S2/c1-7-15-33(41(36,37)21-31-14-12-24(18-28(31)34)30(31,3)4)20-29(35)32(19-25-10-8-22(2)40-25)16-13-23-9-11-26(38-5)27(17-23)39-6/h8-11,17,24H,7,12-16,18-21H2,1-6H3. The van der Waals surface area contributed by atoms with E-state index in [1.54, 1.807) is 30.5 Å². The van der Waals surface area contributed by atoms with Crippen LogP contribution in [0, 0.1) is 23.7 Å². The van der Waals surface area contributed by atoms with Gasteiger partial charge in [-0.1, -0.05) is 26.8 Å². The van der Waals surface area contributed by atoms with E-state index in [1.807, 2.05) is 58.0 Å². The van der Waals surface area contributed by atoms with Gasteiger partial charge < -0.3 is 14.4 Å². The van der Waals surface area contributed by atoms with Crippen molar-refractivity contribution in [2.24, 2.45) is 16.7 Å². The first kappa shape index (κ1) is 31.5. The summed E-state index contributed by atoms with van der Waals surface area (Å²) in [7, 11) is -0.683. The van der Waals surface area contributed by atoms with Crippen LogP contribution in [0.2, 0.25) is 0 Å². The molecule has 1 aromatic heterocycles. The maximum absolute atomic E-state index is 13.9. The van der Waals surface area contributed by atoms with E-state index in [-0.39, 0.29) is 41.9 Å². The van der Waals surface area contributed by atoms with Gasteiger partial charge in [0, 0.05) is 34.7 Å². The largest absolute Gasteiger partial charge is 0.493 e. The minimum atomic E-state index is -3.86. The number of ether oxygens (including phenoxy) is 2. The van der Waals surface area contributed by atoms with Gasteiger partial charge >= 0.3 is 0 Å². The Labute approximate surface area is 249 Å². The van der Waals surface area contributed by atoms with Crippen LogP contribution < -0.4 is 9.47 Å². The Morgan fingerprint density at radius 1 is 1.10 bits per heavy atom. The molecule has 1 amide bonds. The third-order valence-corrected chi connectivity index (χ3v) is 12.3. The second-order valence-electron chi connectivity index (χ2n) is 12.0. The predicted molar refractivity (Wildman–Crippen MR) is 162 cm³/mol. The number of benzene rings is 1. The molecule has 1 aromatic carbocycles. The highest BCUT2D eigenvalue weighted by molar-refractivity contribution is 7.89. The fourth-order valence-corrected chi connectivity index (χ4v) is 9.83. The quantitative estimate of drug-likeness (QED) is 0.299. The lowest BCUT2D eigenvalue weighted by Gasteiger charge is -2.37. The van der Waals surface area contributed by atoms with E-state index in [0.717, 1.165) is 21.7 Å². The number of nitrogens with zero attached hydrogens (tertiary/aromatic N) is 2. The number of aryl methyl sites for hydroxylation is 1. The summed E-state index contributed by atoms with van der Waals surface area (Å²) in [6, 6.07) is 9.73. The van der Waals surface area contributed by atoms with Crippen LogP contribution in [-0.4, -0.2) is 68.9 Å². The van der Waals surface area contributed by atoms with Gasteiger partial charge in [-0.3, -0.25) is 9.59 Å². The maximum Gasteiger partial charge on any atom is 0.238 e. The Morgan fingerprint density at radius 3 is 2.39 bits per heavy atom. The molecule has 0 spiro atoms. The zero-order valence-electron chi connectivity index (χ0n) is 25.2. The summed E-state index contributed by atoms with van der Waals surface area (Å²) in [4.78, 5) is 30.9. The molecule has 2 fully saturated rings. The molecule has 10 heteroatoms. The summed E-state index contributed by atoms with van der Waals surface area (Å²) in [6.45, 7) is 8.84. The van der Waals surface area contributed by atoms with Crippen LogP contribution >= 0.6 is 11.3 Å². The van der Waals surface area contributed by atoms with E-state index < -0.39 is 15.4 Å². The van der Waals surface area contributed by atoms with Gasteiger partial charge in [0.05, 0.1) is 33.1 Å². The van der Waals surface area contributed by atoms with Crippen molar-refractivity contribution in [3.63, 3.8) is 0 Å². The molecule has 2 aliphatic carbocycles. The van der Waals surface area contributed by atoms with Crippen molar-refractivity contribution in [2.45, 2.75) is 66.3 Å². The third kappa shape index (κ3) is 6.34. The number of methoxy groups -OCH3 is 2. The van der Waals surface area contributed by atoms with E-state index in [2.05, 4.69) is 0 Å². The monoisotopic (exact) mass is 604 g/mol. The van der Waals surface area contributed by atoms with Gasteiger partial charge in [-0.15, -0.1) is 11.3 Å². The minimum Gasteiger partial charge on any atom is -0.493 e. The zero-order valence-corrected chi connectivity index (χ0v) is 26.8. The van der Waals surface area contributed by atoms with Gasteiger partial charge in [0.1, 0.15) is 5.78 Å². The number of carbonyl (C=O) groups is 2. The second-order valence-corrected chi connectivity index (χ2v) is 15.4. The van der Waals surface area contributed by atoms with Crippen LogP contribution in [0.5, 0.6) is 11.5 Å². The smallest absolute Gasteiger partial charge is 0.238 e. The molecule has 41 heavy (non-hydrogen) atoms. The molecule has 1 heterocycles. The van der Waals surface area contributed by atoms with Gasteiger partial charge in [-0.05, 0) is 73.8 Å². The summed E-state index contributed by atoms with van der Waals surface area (Å²) < 4.78 is 39.9. The summed E-state index contributed by atoms with van der Waals surface area (Å²) >= 11 is 1.63. The molecular formula is C31H44N2O6S2. The number of sulfonamides is 1. The lowest BCUT2D eigenvalue weighted by molar-refractivity contribution is -0.132. The van der Waals surface area contributed by atoms with Gasteiger partial charge in [0.2, 0.25) is 15.9 Å². The highest BCUT2D eigenvalue weighted by Crippen LogP contribution is 2.64. The second kappa shape index (κ2) is 12.4. The Morgan fingerprint density at radius 2 is 1.83 bits per heavy atom. The van der Waals surface area contributed by atoms with Gasteiger partial charge in [0.25, 0.3) is 0 Å². The molecule has 2 aliphatic rings. The van der Waals surface area contributed by atoms with Crippen LogP contribution in [0.1, 0.15) is 61.8 Å². The Balaban J connectivity index is 1.54. The van der Waals surface area contributed by atoms with Crippen molar-refractivity contribution >= 4 is 33.1 Å². The Kier molecular flexibility index (Phi) is 9.55. The number of thiophene rings is 1. The van der Waals surface area contributed by atoms with E-state index in [4.69, 9.17) is 9.47 Å². The van der Waals surface area contributed by atoms with Crippen molar-refractivity contribution in [1.29, 1.82) is 0 Å². The van der Waals surface area contributed by atoms with Gasteiger partial charge in [-0.25, -0.2) is 8.42 Å². The highest BCUT2D eigenvalue weighted by Gasteiger charge is 2.65. The number of Topliss-reactive ketones (excluding diaryl/α,β-unsaturated/α-hetero) is 1. The van der Waals surface area contributed by atoms with Crippen LogP contribution in [0.4, 0.5) is 0 Å². The van der Waals surface area contributed by atoms with Crippen LogP contribution in [0.3, 0.4) is 0 Å². The predicted octanol–water partition coefficient (Wildman–Crippen LogP) is 5.08. The zero-order chi connectivity index (χ0) is 30.0. The van der Waals surface area contributed by atoms with E-state index in [0.29, 0.717) is 50.3 Å². The topological polar surface area (TPSA) is 93.2 Å². The average molecular weight is 605 g/mol. The van der Waals surface area contributed by atoms with Crippen molar-refractivity contribution in [3.8, 4) is 11.5 Å². The van der Waals surface area contributed by atoms with Crippen LogP contribution in [-0.2, 0) is 32.6 Å². The molecule has 8 nitrogen and oxygen atoms in total. The molecule has 0 N–H and O–H groups in total. The fourth-order valence-electron chi connectivity index (χ4n) is 6.68. The van der Waals surface area contributed by atoms with Crippen LogP contribution in [0.25, 0.3) is 0 Å². The van der Waals surface area contributed by atoms with Crippen molar-refractivity contribution in [1.82, 2.24) is 9.21 Å². The number of rotatable bonds is 14. The normalized spacial score (nSPS) is 21.4. The Hall–Kier alpha value is -2.43. The van der Waals surface area contributed by atoms with Crippen molar-refractivity contribution in [2.75, 3.05) is 39.6 Å². The molecule has 0 radical (unpaired) electrons. The summed E-state index contributed by atoms with van der Waals surface area (Å²) in [5.41, 5.74) is -0.244. The maximum atomic E-state index is 13.9. The summed E-state index contributed by atoms with van der Waals surface area (Å²) in [6.07, 6.45) is 3.09. The third-order valence-electron chi connectivity index (χ3n) is 9.36. The highest BCUT2D eigenvalue weighted by atomic mass is 32.2. The molecule has 2 aromatic rings. The van der Waals surface area contributed by atoms with Crippen molar-refractivity contribution < 1.29 is 27.5 Å². The number of carbonyl (C=O) groups excluding carboxylic acids is 2. The lowest BCUT2D eigenvalue weighted by atomic mass is 9.70. The molecule has 4 rings (SSSR count). The molecule has 0 aliphatic heterocycles. The van der Waals surface area contributed by atoms with E-state index >= 15 is 0 Å². The molecule has 226 valence electrons. The first-order chi connectivity index (χ1) is 19.4. The lowest BCUT2D eigenvalue weighted by Crippen LogP contribution is -2.49. The summed E-state index contributed by atoms with van der Waals surface area (Å²) in [5, 5.41) is 0. The fraction of sp³-hybridized carbons (Fsp3) is 0.613. The number of amides is 1. The van der Waals surface area contributed by atoms with E-state index in [1.165, 1.54) is 4.31 Å². The van der Waals surface area contributed by atoms with Gasteiger partial charge in [0.15, 0.2) is 11.5 Å². The number of hydrogen-bond acceptors (Lipinski definition) is 7. The SMILES string of the molecule is CCCN(CC(=O)N(CCc1ccc(OC)c(OC)c1)Cc1ccc(C)s1)S(=O)(=O)CC12CCC(CC1=O)C2(C)C. The van der Waals surface area contributed by atoms with Crippen molar-refractivity contribution in [3.05, 3.63) is 45.6 Å². The molecule has 2 unspecified atom stereocenters. The average Bonchev–Trinajstić information content (AvgIpc) is 3.50. The molecule has 2 atom stereocenters. The first-order valence-electron chi connectivity index (χ1n) is 14.4. The van der Waals surface area contributed by atoms with E-state index in [9.17, 15) is 18.0 Å².